The van der Waals surface area contributed by atoms with Crippen molar-refractivity contribution in [1.82, 2.24) is 14.9 Å². The second-order valence-corrected chi connectivity index (χ2v) is 12.0. The van der Waals surface area contributed by atoms with Gasteiger partial charge in [-0.2, -0.15) is 0 Å². The van der Waals surface area contributed by atoms with Gasteiger partial charge in [-0.25, -0.2) is 9.97 Å². The Kier molecular flexibility index (Phi) is 5.10. The van der Waals surface area contributed by atoms with Crippen LogP contribution in [0.15, 0.2) is 36.2 Å². The molecule has 1 N–H and O–H groups in total. The number of carbonyl (C=O) groups is 2. The number of hydrogen-bond donors (Lipinski definition) is 1. The van der Waals surface area contributed by atoms with Crippen LogP contribution in [0.3, 0.4) is 0 Å². The Hall–Kier alpha value is -3.42. The van der Waals surface area contributed by atoms with Crippen LogP contribution in [0.1, 0.15) is 67.1 Å². The summed E-state index contributed by atoms with van der Waals surface area (Å²) in [5, 5.41) is 3.12. The summed E-state index contributed by atoms with van der Waals surface area (Å²) in [6.45, 7) is 4.27. The molecule has 3 atom stereocenters. The molecular weight excluding hydrogens is 468 g/mol. The minimum absolute atomic E-state index is 0.0434. The van der Waals surface area contributed by atoms with Crippen molar-refractivity contribution < 1.29 is 19.1 Å². The summed E-state index contributed by atoms with van der Waals surface area (Å²) in [5.41, 5.74) is 4.19. The number of ether oxygens (including phenoxy) is 2. The van der Waals surface area contributed by atoms with Gasteiger partial charge in [0.25, 0.3) is 5.91 Å². The van der Waals surface area contributed by atoms with Gasteiger partial charge in [-0.3, -0.25) is 9.59 Å². The second kappa shape index (κ2) is 8.30. The van der Waals surface area contributed by atoms with E-state index in [1.807, 2.05) is 0 Å². The molecule has 3 unspecified atom stereocenters. The van der Waals surface area contributed by atoms with Crippen molar-refractivity contribution in [3.05, 3.63) is 53.0 Å². The molecule has 2 aromatic rings. The zero-order chi connectivity index (χ0) is 25.2. The number of nitrogens with one attached hydrogen (secondary N) is 1. The first-order valence-electron chi connectivity index (χ1n) is 13.4. The van der Waals surface area contributed by atoms with E-state index in [0.29, 0.717) is 62.0 Å². The summed E-state index contributed by atoms with van der Waals surface area (Å²) in [6, 6.07) is 5.31. The minimum Gasteiger partial charge on any atom is -0.486 e. The molecule has 3 heterocycles. The molecule has 2 aliphatic heterocycles. The molecule has 4 aliphatic carbocycles. The van der Waals surface area contributed by atoms with Gasteiger partial charge in [-0.05, 0) is 73.5 Å². The molecule has 37 heavy (non-hydrogen) atoms. The molecule has 1 aromatic carbocycles. The van der Waals surface area contributed by atoms with Gasteiger partial charge in [-0.1, -0.05) is 18.6 Å². The van der Waals surface area contributed by atoms with Crippen molar-refractivity contribution >= 4 is 17.6 Å². The van der Waals surface area contributed by atoms with Crippen molar-refractivity contribution in [3.8, 4) is 11.5 Å². The molecule has 192 valence electrons. The largest absolute Gasteiger partial charge is 0.486 e. The first-order chi connectivity index (χ1) is 17.9. The number of carbonyl (C=O) groups excluding carboxylic acids is 2. The van der Waals surface area contributed by atoms with Gasteiger partial charge in [-0.15, -0.1) is 0 Å². The van der Waals surface area contributed by atoms with Gasteiger partial charge in [0.1, 0.15) is 25.4 Å². The summed E-state index contributed by atoms with van der Waals surface area (Å²) in [7, 11) is 0. The van der Waals surface area contributed by atoms with E-state index in [9.17, 15) is 9.59 Å². The molecule has 2 saturated carbocycles. The Morgan fingerprint density at radius 2 is 2.03 bits per heavy atom. The lowest BCUT2D eigenvalue weighted by Gasteiger charge is -2.57. The van der Waals surface area contributed by atoms with Crippen LogP contribution < -0.4 is 14.8 Å². The topological polar surface area (TPSA) is 93.7 Å². The maximum absolute atomic E-state index is 13.3. The van der Waals surface area contributed by atoms with Crippen LogP contribution in [0.5, 0.6) is 11.5 Å². The quantitative estimate of drug-likeness (QED) is 0.629. The second-order valence-electron chi connectivity index (χ2n) is 12.0. The van der Waals surface area contributed by atoms with E-state index in [2.05, 4.69) is 28.3 Å². The number of aromatic nitrogens is 2. The Labute approximate surface area is 216 Å². The van der Waals surface area contributed by atoms with Crippen LogP contribution in [0.4, 0.5) is 5.82 Å². The van der Waals surface area contributed by atoms with E-state index >= 15 is 0 Å². The van der Waals surface area contributed by atoms with Gasteiger partial charge in [0.15, 0.2) is 11.5 Å². The third-order valence-corrected chi connectivity index (χ3v) is 8.84. The van der Waals surface area contributed by atoms with Crippen molar-refractivity contribution in [3.63, 3.8) is 0 Å². The lowest BCUT2D eigenvalue weighted by Crippen LogP contribution is -2.47. The maximum Gasteiger partial charge on any atom is 0.254 e. The summed E-state index contributed by atoms with van der Waals surface area (Å²) >= 11 is 0. The predicted octanol–water partition coefficient (Wildman–Crippen LogP) is 4.30. The highest BCUT2D eigenvalue weighted by Gasteiger charge is 2.52. The first kappa shape index (κ1) is 22.8. The Morgan fingerprint density at radius 1 is 1.16 bits per heavy atom. The van der Waals surface area contributed by atoms with Gasteiger partial charge in [0.2, 0.25) is 5.91 Å². The lowest BCUT2D eigenvalue weighted by molar-refractivity contribution is -0.121. The molecular formula is C29H32N4O4. The molecule has 2 amide bonds. The zero-order valence-electron chi connectivity index (χ0n) is 21.2. The van der Waals surface area contributed by atoms with E-state index in [1.165, 1.54) is 19.2 Å². The van der Waals surface area contributed by atoms with Crippen LogP contribution in [-0.2, 0) is 17.8 Å². The van der Waals surface area contributed by atoms with Gasteiger partial charge in [0.05, 0.1) is 12.2 Å². The van der Waals surface area contributed by atoms with E-state index in [1.54, 1.807) is 28.7 Å². The normalized spacial score (nSPS) is 28.9. The summed E-state index contributed by atoms with van der Waals surface area (Å²) in [4.78, 5) is 37.2. The maximum atomic E-state index is 13.3. The number of benzene rings is 1. The SMILES string of the molecule is CC12C=C3CC(C1)CC(CC(=O)Nc1ncnc4c1CCN(C(=O)c1ccc5c(c1)OCCO5)C4)(C3)C2. The third-order valence-electron chi connectivity index (χ3n) is 8.84. The average Bonchev–Trinajstić information content (AvgIpc) is 2.86. The Bertz CT molecular complexity index is 1340. The van der Waals surface area contributed by atoms with E-state index in [4.69, 9.17) is 9.47 Å². The number of allylic oxidation sites excluding steroid dienone is 2. The standard InChI is InChI=1S/C29H32N4O4/c1-28-10-18-8-19(11-28)13-29(12-18,16-28)14-25(34)32-26-21-4-5-33(15-22(21)30-17-31-26)27(35)20-2-3-23-24(9-20)37-7-6-36-23/h2-3,9-10,17,19H,4-8,11-16H2,1H3,(H,30,31,32,34). The van der Waals surface area contributed by atoms with E-state index in [0.717, 1.165) is 36.4 Å². The molecule has 2 fully saturated rings. The van der Waals surface area contributed by atoms with Crippen LogP contribution in [0, 0.1) is 16.7 Å². The number of rotatable bonds is 4. The van der Waals surface area contributed by atoms with Gasteiger partial charge >= 0.3 is 0 Å². The molecule has 8 heteroatoms. The molecule has 0 radical (unpaired) electrons. The average molecular weight is 501 g/mol. The van der Waals surface area contributed by atoms with E-state index < -0.39 is 0 Å². The summed E-state index contributed by atoms with van der Waals surface area (Å²) < 4.78 is 11.2. The number of fused-ring (bicyclic) bond motifs is 2. The van der Waals surface area contributed by atoms with Crippen LogP contribution in [0.25, 0.3) is 0 Å². The van der Waals surface area contributed by atoms with Crippen molar-refractivity contribution in [1.29, 1.82) is 0 Å². The fourth-order valence-electron chi connectivity index (χ4n) is 7.97. The van der Waals surface area contributed by atoms with Gasteiger partial charge < -0.3 is 19.7 Å². The highest BCUT2D eigenvalue weighted by atomic mass is 16.6. The van der Waals surface area contributed by atoms with Gasteiger partial charge in [0, 0.05) is 24.1 Å². The van der Waals surface area contributed by atoms with Crippen LogP contribution >= 0.6 is 0 Å². The number of anilines is 1. The predicted molar refractivity (Wildman–Crippen MR) is 136 cm³/mol. The molecule has 8 rings (SSSR count). The highest BCUT2D eigenvalue weighted by molar-refractivity contribution is 5.95. The number of hydrogen-bond acceptors (Lipinski definition) is 6. The Morgan fingerprint density at radius 3 is 2.86 bits per heavy atom. The van der Waals surface area contributed by atoms with Crippen LogP contribution in [-0.4, -0.2) is 46.4 Å². The van der Waals surface area contributed by atoms with Crippen molar-refractivity contribution in [2.24, 2.45) is 16.7 Å². The number of nitrogens with zero attached hydrogens (tertiary/aromatic N) is 3. The molecule has 0 spiro atoms. The summed E-state index contributed by atoms with van der Waals surface area (Å²) in [6.07, 6.45) is 10.9. The summed E-state index contributed by atoms with van der Waals surface area (Å²) in [5.74, 6) is 2.56. The third kappa shape index (κ3) is 4.06. The van der Waals surface area contributed by atoms with E-state index in [-0.39, 0.29) is 22.6 Å². The fraction of sp³-hybridized carbons (Fsp3) is 0.517. The zero-order valence-corrected chi connectivity index (χ0v) is 21.2. The highest BCUT2D eigenvalue weighted by Crippen LogP contribution is 2.63. The smallest absolute Gasteiger partial charge is 0.254 e. The van der Waals surface area contributed by atoms with Crippen molar-refractivity contribution in [2.75, 3.05) is 25.1 Å². The minimum atomic E-state index is -0.0727. The lowest BCUT2D eigenvalue weighted by atomic mass is 9.48. The van der Waals surface area contributed by atoms with Crippen molar-refractivity contribution in [2.45, 2.75) is 58.4 Å². The van der Waals surface area contributed by atoms with Crippen LogP contribution in [0.2, 0.25) is 0 Å². The molecule has 1 aromatic heterocycles. The first-order valence-corrected chi connectivity index (χ1v) is 13.4. The molecule has 6 aliphatic rings. The monoisotopic (exact) mass is 500 g/mol. The molecule has 4 bridgehead atoms. The molecule has 8 nitrogen and oxygen atoms in total. The fourth-order valence-corrected chi connectivity index (χ4v) is 7.97. The Balaban J connectivity index is 1.05. The number of amides is 2. The molecule has 0 saturated heterocycles.